The van der Waals surface area contributed by atoms with E-state index in [1.54, 1.807) is 12.4 Å². The molecular formula is C14H18N2O. The van der Waals surface area contributed by atoms with Crippen molar-refractivity contribution in [1.82, 2.24) is 10.3 Å². The summed E-state index contributed by atoms with van der Waals surface area (Å²) < 4.78 is 5.76. The lowest BCUT2D eigenvalue weighted by Crippen LogP contribution is -2.21. The summed E-state index contributed by atoms with van der Waals surface area (Å²) in [5.74, 6) is 1.99. The molecular weight excluding hydrogens is 212 g/mol. The molecule has 2 rings (SSSR count). The molecule has 2 aromatic heterocycles. The lowest BCUT2D eigenvalue weighted by atomic mass is 10.2. The van der Waals surface area contributed by atoms with Gasteiger partial charge in [-0.3, -0.25) is 4.98 Å². The molecule has 0 aliphatic rings. The Morgan fingerprint density at radius 1 is 1.12 bits per heavy atom. The second kappa shape index (κ2) is 5.64. The topological polar surface area (TPSA) is 38.1 Å². The molecule has 3 nitrogen and oxygen atoms in total. The Labute approximate surface area is 102 Å². The molecule has 2 heterocycles. The molecule has 0 amide bonds. The number of hydrogen-bond acceptors (Lipinski definition) is 3. The first-order valence-electron chi connectivity index (χ1n) is 5.94. The molecule has 0 atom stereocenters. The quantitative estimate of drug-likeness (QED) is 0.858. The fraction of sp³-hybridized carbons (Fsp3) is 0.357. The first-order chi connectivity index (χ1) is 8.24. The second-order valence-electron chi connectivity index (χ2n) is 4.44. The fourth-order valence-electron chi connectivity index (χ4n) is 1.62. The normalized spacial score (nSPS) is 11.0. The first kappa shape index (κ1) is 11.9. The van der Waals surface area contributed by atoms with Crippen molar-refractivity contribution >= 4 is 0 Å². The maximum atomic E-state index is 5.76. The Morgan fingerprint density at radius 3 is 2.53 bits per heavy atom. The summed E-state index contributed by atoms with van der Waals surface area (Å²) in [5, 5.41) is 3.34. The maximum Gasteiger partial charge on any atom is 0.117 e. The molecule has 0 spiro atoms. The summed E-state index contributed by atoms with van der Waals surface area (Å²) in [6.07, 6.45) is 4.43. The minimum Gasteiger partial charge on any atom is -0.464 e. The van der Waals surface area contributed by atoms with Gasteiger partial charge in [0.15, 0.2) is 0 Å². The van der Waals surface area contributed by atoms with Crippen LogP contribution in [0.15, 0.2) is 41.1 Å². The van der Waals surface area contributed by atoms with E-state index >= 15 is 0 Å². The zero-order valence-corrected chi connectivity index (χ0v) is 10.3. The molecule has 90 valence electrons. The summed E-state index contributed by atoms with van der Waals surface area (Å²) in [7, 11) is 0. The zero-order chi connectivity index (χ0) is 12.1. The lowest BCUT2D eigenvalue weighted by Gasteiger charge is -2.05. The highest BCUT2D eigenvalue weighted by Gasteiger charge is 2.03. The van der Waals surface area contributed by atoms with Crippen LogP contribution in [0.5, 0.6) is 0 Å². The van der Waals surface area contributed by atoms with E-state index in [9.17, 15) is 0 Å². The molecule has 0 fully saturated rings. The van der Waals surface area contributed by atoms with Gasteiger partial charge in [0.2, 0.25) is 0 Å². The van der Waals surface area contributed by atoms with Crippen molar-refractivity contribution in [3.63, 3.8) is 0 Å². The van der Waals surface area contributed by atoms with Gasteiger partial charge in [-0.15, -0.1) is 0 Å². The number of nitrogens with zero attached hydrogens (tertiary/aromatic N) is 1. The van der Waals surface area contributed by atoms with Crippen LogP contribution >= 0.6 is 0 Å². The van der Waals surface area contributed by atoms with E-state index in [4.69, 9.17) is 4.42 Å². The Balaban J connectivity index is 1.94. The van der Waals surface area contributed by atoms with Crippen LogP contribution in [0.4, 0.5) is 0 Å². The number of rotatable bonds is 5. The summed E-state index contributed by atoms with van der Waals surface area (Å²) in [6, 6.07) is 8.57. The summed E-state index contributed by atoms with van der Waals surface area (Å²) in [5.41, 5.74) is 1.22. The molecule has 0 saturated heterocycles. The molecule has 0 bridgehead atoms. The van der Waals surface area contributed by atoms with Crippen LogP contribution in [-0.4, -0.2) is 11.0 Å². The zero-order valence-electron chi connectivity index (χ0n) is 10.3. The highest BCUT2D eigenvalue weighted by Crippen LogP contribution is 2.12. The van der Waals surface area contributed by atoms with Crippen molar-refractivity contribution in [3.8, 4) is 0 Å². The van der Waals surface area contributed by atoms with Gasteiger partial charge in [-0.1, -0.05) is 13.8 Å². The third kappa shape index (κ3) is 3.71. The maximum absolute atomic E-state index is 5.76. The lowest BCUT2D eigenvalue weighted by molar-refractivity contribution is 0.441. The average Bonchev–Trinajstić information content (AvgIpc) is 2.75. The number of furan rings is 1. The van der Waals surface area contributed by atoms with Gasteiger partial charge in [-0.2, -0.15) is 0 Å². The van der Waals surface area contributed by atoms with Crippen LogP contribution in [0.1, 0.15) is 30.9 Å². The molecule has 0 unspecified atom stereocenters. The predicted molar refractivity (Wildman–Crippen MR) is 67.7 cm³/mol. The Kier molecular flexibility index (Phi) is 3.94. The van der Waals surface area contributed by atoms with Crippen LogP contribution in [0, 0.1) is 0 Å². The van der Waals surface area contributed by atoms with E-state index in [2.05, 4.69) is 24.1 Å². The van der Waals surface area contributed by atoms with Crippen LogP contribution in [0.25, 0.3) is 0 Å². The number of hydrogen-bond donors (Lipinski definition) is 1. The molecule has 0 aliphatic carbocycles. The highest BCUT2D eigenvalue weighted by molar-refractivity contribution is 5.19. The van der Waals surface area contributed by atoms with E-state index in [0.717, 1.165) is 24.5 Å². The molecule has 2 aromatic rings. The fourth-order valence-corrected chi connectivity index (χ4v) is 1.62. The predicted octanol–water partition coefficient (Wildman–Crippen LogP) is 2.76. The molecule has 0 aromatic carbocycles. The van der Waals surface area contributed by atoms with Gasteiger partial charge in [0.1, 0.15) is 11.5 Å². The Bertz CT molecular complexity index is 448. The SMILES string of the molecule is CC(C)NCc1ccc(Cc2ccncc2)o1. The van der Waals surface area contributed by atoms with E-state index in [1.807, 2.05) is 24.3 Å². The van der Waals surface area contributed by atoms with Crippen molar-refractivity contribution in [2.75, 3.05) is 0 Å². The van der Waals surface area contributed by atoms with Crippen LogP contribution in [0.3, 0.4) is 0 Å². The van der Waals surface area contributed by atoms with Gasteiger partial charge in [-0.25, -0.2) is 0 Å². The minimum atomic E-state index is 0.476. The smallest absolute Gasteiger partial charge is 0.117 e. The van der Waals surface area contributed by atoms with E-state index in [-0.39, 0.29) is 0 Å². The Morgan fingerprint density at radius 2 is 1.82 bits per heavy atom. The van der Waals surface area contributed by atoms with Crippen molar-refractivity contribution in [2.24, 2.45) is 0 Å². The summed E-state index contributed by atoms with van der Waals surface area (Å²) >= 11 is 0. The molecule has 0 saturated carbocycles. The highest BCUT2D eigenvalue weighted by atomic mass is 16.3. The van der Waals surface area contributed by atoms with E-state index in [0.29, 0.717) is 6.04 Å². The van der Waals surface area contributed by atoms with E-state index < -0.39 is 0 Å². The van der Waals surface area contributed by atoms with Crippen LogP contribution in [-0.2, 0) is 13.0 Å². The minimum absolute atomic E-state index is 0.476. The Hall–Kier alpha value is -1.61. The molecule has 1 N–H and O–H groups in total. The van der Waals surface area contributed by atoms with Gasteiger partial charge in [0.05, 0.1) is 6.54 Å². The molecule has 3 heteroatoms. The van der Waals surface area contributed by atoms with Gasteiger partial charge < -0.3 is 9.73 Å². The summed E-state index contributed by atoms with van der Waals surface area (Å²) in [6.45, 7) is 5.04. The third-order valence-electron chi connectivity index (χ3n) is 2.53. The number of nitrogens with one attached hydrogen (secondary N) is 1. The first-order valence-corrected chi connectivity index (χ1v) is 5.94. The standard InChI is InChI=1S/C14H18N2O/c1-11(2)16-10-14-4-3-13(17-14)9-12-5-7-15-8-6-12/h3-8,11,16H,9-10H2,1-2H3. The molecule has 17 heavy (non-hydrogen) atoms. The average molecular weight is 230 g/mol. The van der Waals surface area contributed by atoms with E-state index in [1.165, 1.54) is 5.56 Å². The van der Waals surface area contributed by atoms with Crippen molar-refractivity contribution < 1.29 is 4.42 Å². The number of aromatic nitrogens is 1. The monoisotopic (exact) mass is 230 g/mol. The van der Waals surface area contributed by atoms with Crippen molar-refractivity contribution in [3.05, 3.63) is 53.7 Å². The van der Waals surface area contributed by atoms with Gasteiger partial charge in [-0.05, 0) is 29.8 Å². The summed E-state index contributed by atoms with van der Waals surface area (Å²) in [4.78, 5) is 4.00. The third-order valence-corrected chi connectivity index (χ3v) is 2.53. The molecule has 0 aliphatic heterocycles. The van der Waals surface area contributed by atoms with Gasteiger partial charge in [0, 0.05) is 24.9 Å². The van der Waals surface area contributed by atoms with Gasteiger partial charge in [0.25, 0.3) is 0 Å². The second-order valence-corrected chi connectivity index (χ2v) is 4.44. The largest absolute Gasteiger partial charge is 0.464 e. The van der Waals surface area contributed by atoms with Crippen molar-refractivity contribution in [2.45, 2.75) is 32.9 Å². The number of pyridine rings is 1. The molecule has 0 radical (unpaired) electrons. The van der Waals surface area contributed by atoms with Gasteiger partial charge >= 0.3 is 0 Å². The van der Waals surface area contributed by atoms with Crippen LogP contribution < -0.4 is 5.32 Å². The van der Waals surface area contributed by atoms with Crippen molar-refractivity contribution in [1.29, 1.82) is 0 Å². The van der Waals surface area contributed by atoms with Crippen LogP contribution in [0.2, 0.25) is 0 Å².